The van der Waals surface area contributed by atoms with Gasteiger partial charge in [-0.2, -0.15) is 0 Å². The Bertz CT molecular complexity index is 362. The zero-order chi connectivity index (χ0) is 10.3. The van der Waals surface area contributed by atoms with Crippen LogP contribution in [0.25, 0.3) is 0 Å². The van der Waals surface area contributed by atoms with E-state index in [9.17, 15) is 0 Å². The quantitative estimate of drug-likeness (QED) is 0.561. The Hall–Kier alpha value is -0.770. The molecule has 3 nitrogen and oxygen atoms in total. The Kier molecular flexibility index (Phi) is 2.18. The Morgan fingerprint density at radius 2 is 2.21 bits per heavy atom. The van der Waals surface area contributed by atoms with Crippen molar-refractivity contribution in [2.75, 3.05) is 4.90 Å². The van der Waals surface area contributed by atoms with Gasteiger partial charge < -0.3 is 9.88 Å². The van der Waals surface area contributed by atoms with E-state index in [4.69, 9.17) is 0 Å². The summed E-state index contributed by atoms with van der Waals surface area (Å²) in [6.07, 6.45) is 3.83. The summed E-state index contributed by atoms with van der Waals surface area (Å²) in [5, 5.41) is 0. The second kappa shape index (κ2) is 3.12. The van der Waals surface area contributed by atoms with Crippen LogP contribution < -0.4 is 4.90 Å². The highest BCUT2D eigenvalue weighted by atomic mass is 79.9. The maximum atomic E-state index is 4.33. The van der Waals surface area contributed by atoms with Crippen LogP contribution >= 0.6 is 15.9 Å². The summed E-state index contributed by atoms with van der Waals surface area (Å²) < 4.78 is 0. The van der Waals surface area contributed by atoms with Gasteiger partial charge >= 0.3 is 0 Å². The number of aromatic amines is 1. The van der Waals surface area contributed by atoms with Crippen molar-refractivity contribution in [3.8, 4) is 0 Å². The Labute approximate surface area is 92.3 Å². The van der Waals surface area contributed by atoms with Gasteiger partial charge in [0.1, 0.15) is 4.95 Å². The van der Waals surface area contributed by atoms with Crippen molar-refractivity contribution in [3.05, 3.63) is 12.3 Å². The fraction of sp³-hybridized carbons (Fsp3) is 0.500. The number of nitrogens with one attached hydrogen (secondary N) is 1. The van der Waals surface area contributed by atoms with Crippen LogP contribution in [-0.4, -0.2) is 21.7 Å². The molecular formula is C10H14BrN3. The maximum absolute atomic E-state index is 4.33. The molecule has 0 saturated carbocycles. The number of aromatic nitrogens is 1. The third kappa shape index (κ3) is 1.47. The van der Waals surface area contributed by atoms with Crippen molar-refractivity contribution in [1.29, 1.82) is 0 Å². The van der Waals surface area contributed by atoms with Crippen LogP contribution in [-0.2, 0) is 0 Å². The first-order chi connectivity index (χ1) is 6.50. The van der Waals surface area contributed by atoms with Crippen molar-refractivity contribution >= 4 is 33.6 Å². The molecule has 0 fully saturated rings. The van der Waals surface area contributed by atoms with Crippen molar-refractivity contribution in [2.45, 2.75) is 31.3 Å². The topological polar surface area (TPSA) is 31.4 Å². The van der Waals surface area contributed by atoms with Gasteiger partial charge in [0.25, 0.3) is 0 Å². The summed E-state index contributed by atoms with van der Waals surface area (Å²) in [4.78, 5) is 9.92. The lowest BCUT2D eigenvalue weighted by atomic mass is 10.0. The SMILES string of the molecule is CC(C)(C)N1c2cc[nH]c2N=CC1Br. The molecule has 1 atom stereocenters. The van der Waals surface area contributed by atoms with Crippen LogP contribution in [0.3, 0.4) is 0 Å². The van der Waals surface area contributed by atoms with E-state index in [1.54, 1.807) is 0 Å². The summed E-state index contributed by atoms with van der Waals surface area (Å²) in [5.74, 6) is 0.940. The van der Waals surface area contributed by atoms with E-state index < -0.39 is 0 Å². The highest BCUT2D eigenvalue weighted by molar-refractivity contribution is 9.10. The number of alkyl halides is 1. The molecule has 2 heterocycles. The van der Waals surface area contributed by atoms with Crippen molar-refractivity contribution in [1.82, 2.24) is 4.98 Å². The molecule has 2 rings (SSSR count). The second-order valence-corrected chi connectivity index (χ2v) is 5.34. The Morgan fingerprint density at radius 3 is 2.86 bits per heavy atom. The van der Waals surface area contributed by atoms with E-state index >= 15 is 0 Å². The number of nitrogens with zero attached hydrogens (tertiary/aromatic N) is 2. The third-order valence-corrected chi connectivity index (χ3v) is 2.91. The fourth-order valence-electron chi connectivity index (χ4n) is 1.72. The molecular weight excluding hydrogens is 242 g/mol. The largest absolute Gasteiger partial charge is 0.346 e. The normalized spacial score (nSPS) is 21.1. The molecule has 0 bridgehead atoms. The van der Waals surface area contributed by atoms with Gasteiger partial charge in [0.05, 0.1) is 5.69 Å². The van der Waals surface area contributed by atoms with E-state index in [2.05, 4.69) is 57.6 Å². The third-order valence-electron chi connectivity index (χ3n) is 2.26. The predicted molar refractivity (Wildman–Crippen MR) is 63.9 cm³/mol. The number of rotatable bonds is 0. The maximum Gasteiger partial charge on any atom is 0.153 e. The zero-order valence-electron chi connectivity index (χ0n) is 8.58. The Balaban J connectivity index is 2.47. The first-order valence-electron chi connectivity index (χ1n) is 4.65. The van der Waals surface area contributed by atoms with Gasteiger partial charge in [0.2, 0.25) is 0 Å². The van der Waals surface area contributed by atoms with Crippen LogP contribution in [0.4, 0.5) is 11.5 Å². The van der Waals surface area contributed by atoms with Gasteiger partial charge in [-0.25, -0.2) is 4.99 Å². The summed E-state index contributed by atoms with van der Waals surface area (Å²) >= 11 is 3.61. The van der Waals surface area contributed by atoms with Gasteiger partial charge in [-0.05, 0) is 26.8 Å². The van der Waals surface area contributed by atoms with E-state index in [1.807, 2.05) is 12.4 Å². The molecule has 0 aliphatic carbocycles. The molecule has 0 amide bonds. The molecule has 0 saturated heterocycles. The van der Waals surface area contributed by atoms with Crippen LogP contribution in [0.15, 0.2) is 17.3 Å². The van der Waals surface area contributed by atoms with Crippen molar-refractivity contribution in [3.63, 3.8) is 0 Å². The molecule has 0 aromatic carbocycles. The second-order valence-electron chi connectivity index (χ2n) is 4.40. The first kappa shape index (κ1) is 9.77. The fourth-order valence-corrected chi connectivity index (χ4v) is 2.67. The lowest BCUT2D eigenvalue weighted by Crippen LogP contribution is -2.47. The number of hydrogen-bond donors (Lipinski definition) is 1. The van der Waals surface area contributed by atoms with Crippen LogP contribution in [0.5, 0.6) is 0 Å². The van der Waals surface area contributed by atoms with E-state index in [-0.39, 0.29) is 10.5 Å². The minimum atomic E-state index is 0.0809. The first-order valence-corrected chi connectivity index (χ1v) is 5.57. The highest BCUT2D eigenvalue weighted by Gasteiger charge is 2.31. The molecule has 1 N–H and O–H groups in total. The molecule has 76 valence electrons. The molecule has 0 spiro atoms. The Morgan fingerprint density at radius 1 is 1.50 bits per heavy atom. The number of hydrogen-bond acceptors (Lipinski definition) is 2. The number of aliphatic imine (C=N–C) groups is 1. The molecule has 1 aromatic heterocycles. The van der Waals surface area contributed by atoms with Crippen LogP contribution in [0, 0.1) is 0 Å². The molecule has 1 unspecified atom stereocenters. The molecule has 1 aromatic rings. The molecule has 1 aliphatic heterocycles. The zero-order valence-corrected chi connectivity index (χ0v) is 10.2. The summed E-state index contributed by atoms with van der Waals surface area (Å²) in [5.41, 5.74) is 1.24. The van der Waals surface area contributed by atoms with E-state index in [0.717, 1.165) is 11.5 Å². The number of halogens is 1. The number of anilines is 1. The summed E-state index contributed by atoms with van der Waals surface area (Å²) in [6, 6.07) is 2.06. The van der Waals surface area contributed by atoms with Gasteiger partial charge in [-0.1, -0.05) is 15.9 Å². The number of H-pyrrole nitrogens is 1. The van der Waals surface area contributed by atoms with Crippen LogP contribution in [0.1, 0.15) is 20.8 Å². The lowest BCUT2D eigenvalue weighted by Gasteiger charge is -2.41. The molecule has 0 radical (unpaired) electrons. The van der Waals surface area contributed by atoms with Crippen LogP contribution in [0.2, 0.25) is 0 Å². The molecule has 1 aliphatic rings. The van der Waals surface area contributed by atoms with Gasteiger partial charge in [0, 0.05) is 18.0 Å². The monoisotopic (exact) mass is 255 g/mol. The molecule has 4 heteroatoms. The minimum absolute atomic E-state index is 0.0809. The number of fused-ring (bicyclic) bond motifs is 1. The van der Waals surface area contributed by atoms with E-state index in [0.29, 0.717) is 0 Å². The average molecular weight is 256 g/mol. The van der Waals surface area contributed by atoms with Crippen molar-refractivity contribution < 1.29 is 0 Å². The molecule has 14 heavy (non-hydrogen) atoms. The van der Waals surface area contributed by atoms with Gasteiger partial charge in [-0.15, -0.1) is 0 Å². The predicted octanol–water partition coefficient (Wildman–Crippen LogP) is 3.06. The lowest BCUT2D eigenvalue weighted by molar-refractivity contribution is 0.519. The smallest absolute Gasteiger partial charge is 0.153 e. The van der Waals surface area contributed by atoms with Gasteiger partial charge in [0.15, 0.2) is 5.82 Å². The van der Waals surface area contributed by atoms with E-state index in [1.165, 1.54) is 0 Å². The van der Waals surface area contributed by atoms with Gasteiger partial charge in [-0.3, -0.25) is 0 Å². The summed E-state index contributed by atoms with van der Waals surface area (Å²) in [6.45, 7) is 6.58. The van der Waals surface area contributed by atoms with Crippen molar-refractivity contribution in [2.24, 2.45) is 4.99 Å². The average Bonchev–Trinajstić information content (AvgIpc) is 2.48. The highest BCUT2D eigenvalue weighted by Crippen LogP contribution is 2.37. The standard InChI is InChI=1S/C10H14BrN3/c1-10(2,3)14-7-4-5-12-9(7)13-6-8(14)11/h4-6,8,12H,1-3H3. The minimum Gasteiger partial charge on any atom is -0.346 e. The summed E-state index contributed by atoms with van der Waals surface area (Å²) in [7, 11) is 0.